The average molecular weight is 1870 g/mol. The van der Waals surface area contributed by atoms with Crippen LogP contribution in [0.2, 0.25) is 5.02 Å². The summed E-state index contributed by atoms with van der Waals surface area (Å²) in [4.78, 5) is 243. The number of H-pyrrole nitrogens is 1. The topological polar surface area (TPSA) is 500 Å². The van der Waals surface area contributed by atoms with Gasteiger partial charge >= 0.3 is 5.97 Å². The molecule has 11 atom stereocenters. The van der Waals surface area contributed by atoms with E-state index in [4.69, 9.17) is 17.3 Å². The maximum Gasteiger partial charge on any atom is 0.305 e. The minimum absolute atomic E-state index is 0.0506. The molecule has 1 aliphatic heterocycles. The number of likely N-dealkylation sites (N-methyl/N-ethyl adjacent to an activating group) is 5. The first kappa shape index (κ1) is 104. The number of phenols is 2. The first-order chi connectivity index (χ1) is 62.6. The predicted octanol–water partition coefficient (Wildman–Crippen LogP) is 3.26. The Labute approximate surface area is 771 Å². The predicted molar refractivity (Wildman–Crippen MR) is 487 cm³/mol. The third-order valence-electron chi connectivity index (χ3n) is 22.3. The number of rotatable bonds is 23. The van der Waals surface area contributed by atoms with E-state index in [0.717, 1.165) is 36.6 Å². The van der Waals surface area contributed by atoms with Crippen molar-refractivity contribution in [3.05, 3.63) is 202 Å². The Morgan fingerprint density at radius 2 is 0.985 bits per heavy atom. The summed E-state index contributed by atoms with van der Waals surface area (Å²) in [5, 5.41) is 54.4. The highest BCUT2D eigenvalue weighted by Gasteiger charge is 2.43. The van der Waals surface area contributed by atoms with Crippen molar-refractivity contribution in [2.75, 3.05) is 66.4 Å². The zero-order chi connectivity index (χ0) is 96.9. The molecule has 0 saturated carbocycles. The van der Waals surface area contributed by atoms with E-state index < -0.39 is 234 Å². The number of amides is 15. The molecule has 39 heteroatoms. The van der Waals surface area contributed by atoms with E-state index in [1.807, 2.05) is 0 Å². The van der Waals surface area contributed by atoms with Crippen LogP contribution in [0.1, 0.15) is 100 Å². The number of carboxylic acid groups (broad SMARTS) is 1. The van der Waals surface area contributed by atoms with Crippen LogP contribution < -0.4 is 53.6 Å². The van der Waals surface area contributed by atoms with Gasteiger partial charge in [0, 0.05) is 96.6 Å². The third-order valence-corrected chi connectivity index (χ3v) is 23.6. The first-order valence-electron chi connectivity index (χ1n) is 43.0. The average Bonchev–Trinajstić information content (AvgIpc) is 1.28. The molecule has 1 fully saturated rings. The molecule has 6 aromatic carbocycles. The summed E-state index contributed by atoms with van der Waals surface area (Å²) in [5.41, 5.74) is 8.16. The number of fused-ring (bicyclic) bond motifs is 1. The number of nitrogens with one attached hydrogen (secondary N) is 10. The molecular weight excluding hydrogens is 1750 g/mol. The number of unbranched alkanes of at least 4 members (excludes halogenated alkanes) is 1. The van der Waals surface area contributed by atoms with Crippen molar-refractivity contribution in [1.82, 2.24) is 77.3 Å². The molecule has 0 aliphatic carbocycles. The Morgan fingerprint density at radius 3 is 1.55 bits per heavy atom. The lowest BCUT2D eigenvalue weighted by atomic mass is 9.98. The van der Waals surface area contributed by atoms with E-state index in [-0.39, 0.29) is 62.0 Å². The number of carbonyl (C=O) groups is 16. The van der Waals surface area contributed by atoms with E-state index in [1.54, 1.807) is 112 Å². The van der Waals surface area contributed by atoms with E-state index in [9.17, 15) is 58.1 Å². The second-order valence-corrected chi connectivity index (χ2v) is 34.9. The molecule has 15 amide bonds. The number of aromatic hydroxyl groups is 2. The molecule has 0 unspecified atom stereocenters. The number of hydrogen-bond donors (Lipinski definition) is 14. The smallest absolute Gasteiger partial charge is 0.305 e. The van der Waals surface area contributed by atoms with E-state index >= 15 is 42.7 Å². The van der Waals surface area contributed by atoms with E-state index in [0.29, 0.717) is 63.3 Å². The number of aromatic amines is 1. The molecule has 708 valence electrons. The molecular formula is C93H115ClF2N16O19S. The van der Waals surface area contributed by atoms with Crippen molar-refractivity contribution in [3.63, 3.8) is 0 Å². The second kappa shape index (κ2) is 49.5. The van der Waals surface area contributed by atoms with Gasteiger partial charge in [-0.1, -0.05) is 162 Å². The summed E-state index contributed by atoms with van der Waals surface area (Å²) in [6.45, 7) is 5.85. The fourth-order valence-corrected chi connectivity index (χ4v) is 16.1. The number of nitrogens with two attached hydrogens (primary N) is 1. The van der Waals surface area contributed by atoms with Crippen molar-refractivity contribution in [2.24, 2.45) is 17.6 Å². The number of thioether (sulfide) groups is 1. The molecule has 0 spiro atoms. The molecule has 2 heterocycles. The Hall–Kier alpha value is -13.5. The number of para-hydroxylation sites is 1. The van der Waals surface area contributed by atoms with Gasteiger partial charge < -0.3 is 98.4 Å². The number of aliphatic carboxylic acids is 1. The zero-order valence-corrected chi connectivity index (χ0v) is 76.6. The number of carboxylic acids is 1. The highest BCUT2D eigenvalue weighted by atomic mass is 35.5. The molecule has 0 radical (unpaired) electrons. The lowest BCUT2D eigenvalue weighted by Gasteiger charge is -2.37. The monoisotopic (exact) mass is 1860 g/mol. The minimum Gasteiger partial charge on any atom is -0.508 e. The Balaban J connectivity index is 1.23. The lowest BCUT2D eigenvalue weighted by molar-refractivity contribution is -0.151. The van der Waals surface area contributed by atoms with Gasteiger partial charge in [-0.05, 0) is 101 Å². The van der Waals surface area contributed by atoms with Gasteiger partial charge in [-0.2, -0.15) is 0 Å². The first-order valence-corrected chi connectivity index (χ1v) is 44.5. The van der Waals surface area contributed by atoms with Crippen LogP contribution in [0.4, 0.5) is 8.78 Å². The number of nitrogens with zero attached hydrogens (tertiary/aromatic N) is 5. The molecule has 7 aromatic rings. The van der Waals surface area contributed by atoms with E-state index in [2.05, 4.69) is 52.8 Å². The summed E-state index contributed by atoms with van der Waals surface area (Å²) in [7, 11) is 6.21. The van der Waals surface area contributed by atoms with Crippen LogP contribution in [0, 0.1) is 23.5 Å². The second-order valence-electron chi connectivity index (χ2n) is 33.4. The minimum atomic E-state index is -1.95. The number of aromatic nitrogens is 1. The maximum atomic E-state index is 15.5. The van der Waals surface area contributed by atoms with Gasteiger partial charge in [0.2, 0.25) is 88.6 Å². The lowest BCUT2D eigenvalue weighted by Crippen LogP contribution is -2.61. The molecule has 0 bridgehead atoms. The Bertz CT molecular complexity index is 5250. The quantitative estimate of drug-likeness (QED) is 0.0409. The summed E-state index contributed by atoms with van der Waals surface area (Å²) < 4.78 is 30.2. The van der Waals surface area contributed by atoms with Gasteiger partial charge in [0.1, 0.15) is 78.0 Å². The maximum absolute atomic E-state index is 15.5. The van der Waals surface area contributed by atoms with Crippen molar-refractivity contribution in [2.45, 2.75) is 172 Å². The van der Waals surface area contributed by atoms with Crippen molar-refractivity contribution in [1.29, 1.82) is 0 Å². The summed E-state index contributed by atoms with van der Waals surface area (Å²) in [6.07, 6.45) is -0.964. The van der Waals surface area contributed by atoms with Gasteiger partial charge in [-0.3, -0.25) is 76.7 Å². The van der Waals surface area contributed by atoms with Crippen LogP contribution in [0.25, 0.3) is 10.9 Å². The van der Waals surface area contributed by atoms with Crippen molar-refractivity contribution >= 4 is 129 Å². The van der Waals surface area contributed by atoms with E-state index in [1.165, 1.54) is 97.6 Å². The molecule has 15 N–H and O–H groups in total. The molecule has 132 heavy (non-hydrogen) atoms. The van der Waals surface area contributed by atoms with Crippen molar-refractivity contribution < 1.29 is 101 Å². The summed E-state index contributed by atoms with van der Waals surface area (Å²) in [5.74, 6) is -21.8. The standard InChI is InChI=1S/C93H115ClF2N16O19S/c1-11-12-27-73-91(129)109(7)49-78(117)101-69(45-80(119)120)87(125)107-82(53(4)5)93(131)111(9)74(42-54-21-15-13-16-22-54)88(126)105-70(40-57-30-34-61(114)35-31-57)89(127)108(6)48-77(116)100-68(44-59-46-98-65-26-20-19-25-62(59)65)86(124)104-67(39-56-28-32-60(113)33-29-56)85(123)103-66(36-52(2)3)84(122)106-72(83(121)99-47-76(97)115)50-132-51-79(118)102-71(41-58-37-63(94)81(96)64(95)38-58)90(128)112(10)75(92(130)110(73)8)43-55-23-17-14-18-24-55/h13-26,28-35,37-38,46,52-53,66-75,82,98,113-114H,11-12,27,36,39-45,47-51H2,1-10H3,(H2,97,115)(H,99,121)(H,100,116)(H,101,117)(H,102,118)(H,103,123)(H,104,124)(H,105,126)(H,106,122)(H,107,125)(H,119,120)/t66-,67-,68-,69-,70-,71-,72-,73-,74-,75-,82-/m0/s1. The van der Waals surface area contributed by atoms with Gasteiger partial charge in [-0.15, -0.1) is 11.8 Å². The van der Waals surface area contributed by atoms with Gasteiger partial charge in [0.15, 0.2) is 11.6 Å². The summed E-state index contributed by atoms with van der Waals surface area (Å²) >= 11 is 6.86. The molecule has 35 nitrogen and oxygen atoms in total. The van der Waals surface area contributed by atoms with Crippen LogP contribution in [-0.2, 0) is 115 Å². The van der Waals surface area contributed by atoms with Crippen LogP contribution in [0.5, 0.6) is 11.5 Å². The summed E-state index contributed by atoms with van der Waals surface area (Å²) in [6, 6.07) is 18.7. The fourth-order valence-electron chi connectivity index (χ4n) is 15.1. The number of primary amides is 1. The highest BCUT2D eigenvalue weighted by Crippen LogP contribution is 2.27. The Kier molecular flexibility index (Phi) is 38.9. The van der Waals surface area contributed by atoms with Crippen LogP contribution in [-0.4, -0.2) is 272 Å². The van der Waals surface area contributed by atoms with Crippen LogP contribution in [0.15, 0.2) is 152 Å². The largest absolute Gasteiger partial charge is 0.508 e. The van der Waals surface area contributed by atoms with Gasteiger partial charge in [0.05, 0.1) is 36.8 Å². The number of phenolic OH excluding ortho intramolecular Hbond substituents is 2. The number of halogens is 3. The van der Waals surface area contributed by atoms with Gasteiger partial charge in [0.25, 0.3) is 0 Å². The zero-order valence-electron chi connectivity index (χ0n) is 75.0. The fraction of sp³-hybridized carbons (Fsp3) is 0.419. The van der Waals surface area contributed by atoms with Crippen molar-refractivity contribution in [3.8, 4) is 11.5 Å². The molecule has 1 aliphatic rings. The number of carbonyl (C=O) groups excluding carboxylic acids is 15. The van der Waals surface area contributed by atoms with Crippen LogP contribution >= 0.6 is 23.4 Å². The normalized spacial score (nSPS) is 21.7. The number of hydrogen-bond acceptors (Lipinski definition) is 19. The highest BCUT2D eigenvalue weighted by molar-refractivity contribution is 8.00. The molecule has 1 aromatic heterocycles. The third kappa shape index (κ3) is 30.6. The molecule has 8 rings (SSSR count). The SMILES string of the molecule is CCCC[C@H]1C(=O)N(C)CC(=O)N[C@@H](CC(=O)O)C(=O)N[C@@H](C(C)C)C(=O)N(C)[C@@H](Cc2ccccc2)C(=O)N[C@@H](Cc2ccc(O)cc2)C(=O)N(C)CC(=O)N[C@@H](Cc2c[nH]c3ccccc23)C(=O)N[C@@H](Cc2ccc(O)cc2)C(=O)N[C@@H](CC(C)C)C(=O)N[C@H](C(=O)NCC(N)=O)CSCC(=O)N[C@@H](Cc2cc(F)c(F)c(Cl)c2)C(=O)N(C)[C@@H](Cc2ccccc2)C(=O)N1C. The molecule has 1 saturated heterocycles. The van der Waals surface area contributed by atoms with Gasteiger partial charge in [-0.25, -0.2) is 8.78 Å². The Morgan fingerprint density at radius 1 is 0.508 bits per heavy atom. The van der Waals surface area contributed by atoms with Crippen LogP contribution in [0.3, 0.4) is 0 Å². The number of benzene rings is 6.